The van der Waals surface area contributed by atoms with Crippen LogP contribution in [0.1, 0.15) is 26.7 Å². The Morgan fingerprint density at radius 3 is 2.79 bits per heavy atom. The Morgan fingerprint density at radius 2 is 2.21 bits per heavy atom. The third-order valence-corrected chi connectivity index (χ3v) is 2.76. The molecule has 3 heteroatoms. The van der Waals surface area contributed by atoms with Gasteiger partial charge in [0.25, 0.3) is 0 Å². The van der Waals surface area contributed by atoms with E-state index in [1.165, 1.54) is 12.8 Å². The van der Waals surface area contributed by atoms with E-state index in [0.717, 1.165) is 26.2 Å². The Morgan fingerprint density at radius 1 is 1.43 bits per heavy atom. The monoisotopic (exact) mass is 200 g/mol. The van der Waals surface area contributed by atoms with Crippen molar-refractivity contribution >= 4 is 0 Å². The van der Waals surface area contributed by atoms with Gasteiger partial charge in [0, 0.05) is 19.6 Å². The molecule has 0 spiro atoms. The second-order valence-electron chi connectivity index (χ2n) is 4.26. The summed E-state index contributed by atoms with van der Waals surface area (Å²) < 4.78 is 5.78. The maximum atomic E-state index is 5.78. The molecule has 1 rings (SSSR count). The molecule has 1 N–H and O–H groups in total. The van der Waals surface area contributed by atoms with Crippen molar-refractivity contribution in [3.05, 3.63) is 0 Å². The van der Waals surface area contributed by atoms with Gasteiger partial charge in [0.2, 0.25) is 0 Å². The largest absolute Gasteiger partial charge is 0.374 e. The van der Waals surface area contributed by atoms with Crippen LogP contribution >= 0.6 is 0 Å². The van der Waals surface area contributed by atoms with E-state index in [4.69, 9.17) is 4.74 Å². The fourth-order valence-corrected chi connectivity index (χ4v) is 1.91. The molecule has 0 bridgehead atoms. The minimum absolute atomic E-state index is 0.469. The van der Waals surface area contributed by atoms with Crippen LogP contribution in [0.4, 0.5) is 0 Å². The van der Waals surface area contributed by atoms with Gasteiger partial charge >= 0.3 is 0 Å². The Hall–Kier alpha value is -0.120. The molecule has 2 unspecified atom stereocenters. The molecule has 1 fully saturated rings. The Kier molecular flexibility index (Phi) is 5.45. The molecule has 0 saturated carbocycles. The molecule has 14 heavy (non-hydrogen) atoms. The van der Waals surface area contributed by atoms with Crippen molar-refractivity contribution < 1.29 is 4.74 Å². The smallest absolute Gasteiger partial charge is 0.0706 e. The average molecular weight is 200 g/mol. The van der Waals surface area contributed by atoms with E-state index in [1.54, 1.807) is 0 Å². The fourth-order valence-electron chi connectivity index (χ4n) is 1.91. The predicted octanol–water partition coefficient (Wildman–Crippen LogP) is 1.10. The normalized spacial score (nSPS) is 27.4. The highest BCUT2D eigenvalue weighted by atomic mass is 16.5. The molecule has 1 heterocycles. The lowest BCUT2D eigenvalue weighted by Gasteiger charge is -2.20. The Labute approximate surface area is 87.8 Å². The highest BCUT2D eigenvalue weighted by Crippen LogP contribution is 2.19. The summed E-state index contributed by atoms with van der Waals surface area (Å²) >= 11 is 0. The van der Waals surface area contributed by atoms with Crippen LogP contribution in [0.2, 0.25) is 0 Å². The molecule has 1 aliphatic heterocycles. The van der Waals surface area contributed by atoms with Gasteiger partial charge in [-0.3, -0.25) is 0 Å². The lowest BCUT2D eigenvalue weighted by molar-refractivity contribution is 0.0367. The molecular formula is C11H24N2O. The molecule has 0 aromatic carbocycles. The third kappa shape index (κ3) is 4.40. The van der Waals surface area contributed by atoms with Crippen molar-refractivity contribution in [1.29, 1.82) is 0 Å². The second-order valence-corrected chi connectivity index (χ2v) is 4.26. The summed E-state index contributed by atoms with van der Waals surface area (Å²) in [5.41, 5.74) is 0. The van der Waals surface area contributed by atoms with Crippen molar-refractivity contribution in [1.82, 2.24) is 10.2 Å². The summed E-state index contributed by atoms with van der Waals surface area (Å²) in [6.45, 7) is 8.64. The summed E-state index contributed by atoms with van der Waals surface area (Å²) in [7, 11) is 2.17. The quantitative estimate of drug-likeness (QED) is 0.650. The van der Waals surface area contributed by atoms with Gasteiger partial charge in [-0.25, -0.2) is 0 Å². The Balaban J connectivity index is 2.05. The van der Waals surface area contributed by atoms with Gasteiger partial charge in [-0.05, 0) is 33.4 Å². The van der Waals surface area contributed by atoms with E-state index in [0.29, 0.717) is 12.2 Å². The lowest BCUT2D eigenvalue weighted by atomic mass is 10.2. The first-order valence-corrected chi connectivity index (χ1v) is 5.77. The zero-order chi connectivity index (χ0) is 10.4. The molecular weight excluding hydrogens is 176 g/mol. The first-order valence-electron chi connectivity index (χ1n) is 5.77. The standard InChI is InChI=1S/C11H24N2O/c1-4-12-7-8-13(3)9-11-6-5-10(2)14-11/h10-12H,4-9H2,1-3H3. The van der Waals surface area contributed by atoms with Crippen LogP contribution in [0.5, 0.6) is 0 Å². The third-order valence-electron chi connectivity index (χ3n) is 2.76. The van der Waals surface area contributed by atoms with E-state index < -0.39 is 0 Å². The van der Waals surface area contributed by atoms with Crippen molar-refractivity contribution in [2.75, 3.05) is 33.2 Å². The maximum Gasteiger partial charge on any atom is 0.0706 e. The lowest BCUT2D eigenvalue weighted by Crippen LogP contribution is -2.34. The van der Waals surface area contributed by atoms with E-state index in [2.05, 4.69) is 31.1 Å². The number of hydrogen-bond acceptors (Lipinski definition) is 3. The molecule has 0 radical (unpaired) electrons. The summed E-state index contributed by atoms with van der Waals surface area (Å²) in [6, 6.07) is 0. The summed E-state index contributed by atoms with van der Waals surface area (Å²) in [5, 5.41) is 3.33. The number of nitrogens with zero attached hydrogens (tertiary/aromatic N) is 1. The van der Waals surface area contributed by atoms with Crippen molar-refractivity contribution in [2.45, 2.75) is 38.9 Å². The highest BCUT2D eigenvalue weighted by Gasteiger charge is 2.22. The molecule has 1 saturated heterocycles. The van der Waals surface area contributed by atoms with E-state index in [-0.39, 0.29) is 0 Å². The zero-order valence-corrected chi connectivity index (χ0v) is 9.75. The van der Waals surface area contributed by atoms with Crippen LogP contribution in [0.15, 0.2) is 0 Å². The van der Waals surface area contributed by atoms with Crippen molar-refractivity contribution in [3.63, 3.8) is 0 Å². The van der Waals surface area contributed by atoms with Gasteiger partial charge in [0.15, 0.2) is 0 Å². The van der Waals surface area contributed by atoms with Gasteiger partial charge in [-0.2, -0.15) is 0 Å². The second kappa shape index (κ2) is 6.38. The summed E-state index contributed by atoms with van der Waals surface area (Å²) in [5.74, 6) is 0. The van der Waals surface area contributed by atoms with Crippen LogP contribution in [-0.4, -0.2) is 50.3 Å². The van der Waals surface area contributed by atoms with Crippen LogP contribution < -0.4 is 5.32 Å². The van der Waals surface area contributed by atoms with E-state index in [1.807, 2.05) is 0 Å². The Bertz CT molecular complexity index is 152. The zero-order valence-electron chi connectivity index (χ0n) is 9.75. The number of nitrogens with one attached hydrogen (secondary N) is 1. The fraction of sp³-hybridized carbons (Fsp3) is 1.00. The average Bonchev–Trinajstić information content (AvgIpc) is 2.52. The van der Waals surface area contributed by atoms with Crippen LogP contribution in [-0.2, 0) is 4.74 Å². The molecule has 0 aromatic heterocycles. The predicted molar refractivity (Wildman–Crippen MR) is 59.6 cm³/mol. The number of rotatable bonds is 6. The number of ether oxygens (including phenoxy) is 1. The minimum Gasteiger partial charge on any atom is -0.374 e. The molecule has 0 aliphatic carbocycles. The van der Waals surface area contributed by atoms with Crippen molar-refractivity contribution in [2.24, 2.45) is 0 Å². The van der Waals surface area contributed by atoms with Gasteiger partial charge in [0.1, 0.15) is 0 Å². The highest BCUT2D eigenvalue weighted by molar-refractivity contribution is 4.73. The van der Waals surface area contributed by atoms with Crippen LogP contribution in [0.25, 0.3) is 0 Å². The summed E-state index contributed by atoms with van der Waals surface area (Å²) in [4.78, 5) is 2.35. The molecule has 84 valence electrons. The molecule has 3 nitrogen and oxygen atoms in total. The minimum atomic E-state index is 0.469. The van der Waals surface area contributed by atoms with Gasteiger partial charge in [-0.1, -0.05) is 6.92 Å². The SMILES string of the molecule is CCNCCN(C)CC1CCC(C)O1. The van der Waals surface area contributed by atoms with Crippen molar-refractivity contribution in [3.8, 4) is 0 Å². The summed E-state index contributed by atoms with van der Waals surface area (Å²) in [6.07, 6.45) is 3.40. The van der Waals surface area contributed by atoms with E-state index >= 15 is 0 Å². The number of hydrogen-bond donors (Lipinski definition) is 1. The van der Waals surface area contributed by atoms with Gasteiger partial charge in [0.05, 0.1) is 12.2 Å². The molecule has 0 aromatic rings. The first-order chi connectivity index (χ1) is 6.72. The van der Waals surface area contributed by atoms with Gasteiger partial charge < -0.3 is 15.0 Å². The molecule has 2 atom stereocenters. The maximum absolute atomic E-state index is 5.78. The molecule has 1 aliphatic rings. The molecule has 0 amide bonds. The first kappa shape index (κ1) is 12.0. The van der Waals surface area contributed by atoms with Crippen LogP contribution in [0, 0.1) is 0 Å². The van der Waals surface area contributed by atoms with Crippen LogP contribution in [0.3, 0.4) is 0 Å². The van der Waals surface area contributed by atoms with Gasteiger partial charge in [-0.15, -0.1) is 0 Å². The topological polar surface area (TPSA) is 24.5 Å². The number of likely N-dealkylation sites (N-methyl/N-ethyl adjacent to an activating group) is 2. The van der Waals surface area contributed by atoms with E-state index in [9.17, 15) is 0 Å².